The van der Waals surface area contributed by atoms with Crippen molar-refractivity contribution in [2.75, 3.05) is 33.9 Å². The van der Waals surface area contributed by atoms with Gasteiger partial charge in [-0.2, -0.15) is 0 Å². The van der Waals surface area contributed by atoms with Gasteiger partial charge in [-0.1, -0.05) is 23.2 Å². The first-order valence-electron chi connectivity index (χ1n) is 12.0. The zero-order valence-corrected chi connectivity index (χ0v) is 22.6. The summed E-state index contributed by atoms with van der Waals surface area (Å²) in [5.41, 5.74) is 0.486. The van der Waals surface area contributed by atoms with E-state index in [4.69, 9.17) is 37.4 Å². The van der Waals surface area contributed by atoms with Gasteiger partial charge < -0.3 is 29.1 Å². The molecule has 2 aliphatic heterocycles. The third-order valence-corrected chi connectivity index (χ3v) is 7.30. The molecule has 0 radical (unpaired) electrons. The van der Waals surface area contributed by atoms with Crippen LogP contribution in [0.2, 0.25) is 10.0 Å². The number of ketones is 1. The lowest BCUT2D eigenvalue weighted by molar-refractivity contribution is -0.142. The number of pyridine rings is 1. The Morgan fingerprint density at radius 3 is 2.32 bits per heavy atom. The number of aliphatic hydroxyl groups is 1. The first-order chi connectivity index (χ1) is 18.2. The summed E-state index contributed by atoms with van der Waals surface area (Å²) >= 11 is 12.8. The summed E-state index contributed by atoms with van der Waals surface area (Å²) in [5, 5.41) is 11.6. The number of methoxy groups -OCH3 is 2. The van der Waals surface area contributed by atoms with Crippen LogP contribution in [0.1, 0.15) is 36.9 Å². The Morgan fingerprint density at radius 1 is 1.11 bits per heavy atom. The highest BCUT2D eigenvalue weighted by Crippen LogP contribution is 2.48. The van der Waals surface area contributed by atoms with Gasteiger partial charge in [0, 0.05) is 31.5 Å². The standard InChI is InChI=1S/C26H27Cl2N3O7/c1-4-38-26(35)30-11-7-15(8-12-30)31-20(14-5-9-29-10-6-14)18(22(33)25(31)34)21(32)16-13-17(27)24(37-3)19(28)23(16)36-2/h5-6,9-10,13,15,20,32H,4,7-8,11-12H2,1-3H3/b21-18+. The van der Waals surface area contributed by atoms with Gasteiger partial charge in [-0.05, 0) is 43.5 Å². The van der Waals surface area contributed by atoms with Crippen molar-refractivity contribution < 1.29 is 33.7 Å². The minimum atomic E-state index is -0.915. The lowest BCUT2D eigenvalue weighted by Gasteiger charge is -2.38. The number of halogens is 2. The topological polar surface area (TPSA) is 119 Å². The molecule has 202 valence electrons. The first kappa shape index (κ1) is 27.5. The largest absolute Gasteiger partial charge is 0.507 e. The highest BCUT2D eigenvalue weighted by Gasteiger charge is 2.49. The van der Waals surface area contributed by atoms with Gasteiger partial charge in [0.05, 0.1) is 43.0 Å². The van der Waals surface area contributed by atoms with Crippen molar-refractivity contribution in [3.8, 4) is 11.5 Å². The number of piperidine rings is 1. The maximum atomic E-state index is 13.5. The molecule has 2 saturated heterocycles. The van der Waals surface area contributed by atoms with Crippen molar-refractivity contribution in [1.82, 2.24) is 14.8 Å². The number of rotatable bonds is 6. The predicted octanol–water partition coefficient (Wildman–Crippen LogP) is 4.45. The molecule has 10 nitrogen and oxygen atoms in total. The average molecular weight is 564 g/mol. The molecule has 38 heavy (non-hydrogen) atoms. The van der Waals surface area contributed by atoms with Gasteiger partial charge >= 0.3 is 6.09 Å². The molecule has 1 unspecified atom stereocenters. The van der Waals surface area contributed by atoms with Gasteiger partial charge in [0.15, 0.2) is 11.5 Å². The SMILES string of the molecule is CCOC(=O)N1CCC(N2C(=O)C(=O)/C(=C(/O)c3cc(Cl)c(OC)c(Cl)c3OC)C2c2ccncc2)CC1. The van der Waals surface area contributed by atoms with Crippen LogP contribution in [0.15, 0.2) is 36.2 Å². The molecule has 1 N–H and O–H groups in total. The Labute approximate surface area is 229 Å². The molecule has 2 aromatic rings. The van der Waals surface area contributed by atoms with Crippen LogP contribution in [0.4, 0.5) is 4.79 Å². The smallest absolute Gasteiger partial charge is 0.409 e. The molecular formula is C26H27Cl2N3O7. The molecule has 3 heterocycles. The molecule has 2 aliphatic rings. The summed E-state index contributed by atoms with van der Waals surface area (Å²) in [6.45, 7) is 2.70. The Morgan fingerprint density at radius 2 is 1.74 bits per heavy atom. The molecule has 0 bridgehead atoms. The number of aliphatic hydroxyl groups excluding tert-OH is 1. The number of hydrogen-bond acceptors (Lipinski definition) is 8. The Balaban J connectivity index is 1.81. The maximum Gasteiger partial charge on any atom is 0.409 e. The maximum absolute atomic E-state index is 13.5. The lowest BCUT2D eigenvalue weighted by Crippen LogP contribution is -2.48. The van der Waals surface area contributed by atoms with Crippen molar-refractivity contribution >= 4 is 46.7 Å². The van der Waals surface area contributed by atoms with Gasteiger partial charge in [0.1, 0.15) is 10.8 Å². The van der Waals surface area contributed by atoms with Crippen molar-refractivity contribution in [3.05, 3.63) is 57.3 Å². The van der Waals surface area contributed by atoms with Gasteiger partial charge in [0.25, 0.3) is 11.7 Å². The van der Waals surface area contributed by atoms with E-state index in [-0.39, 0.29) is 45.3 Å². The van der Waals surface area contributed by atoms with Crippen molar-refractivity contribution in [3.63, 3.8) is 0 Å². The number of nitrogens with zero attached hydrogens (tertiary/aromatic N) is 3. The number of likely N-dealkylation sites (tertiary alicyclic amines) is 2. The molecule has 4 rings (SSSR count). The van der Waals surface area contributed by atoms with E-state index in [0.717, 1.165) is 0 Å². The predicted molar refractivity (Wildman–Crippen MR) is 140 cm³/mol. The van der Waals surface area contributed by atoms with Gasteiger partial charge in [-0.3, -0.25) is 14.6 Å². The first-order valence-corrected chi connectivity index (χ1v) is 12.7. The zero-order chi connectivity index (χ0) is 27.6. The Kier molecular flexibility index (Phi) is 8.32. The molecular weight excluding hydrogens is 537 g/mol. The van der Waals surface area contributed by atoms with Crippen LogP contribution in [-0.2, 0) is 14.3 Å². The van der Waals surface area contributed by atoms with E-state index in [1.807, 2.05) is 0 Å². The highest BCUT2D eigenvalue weighted by atomic mass is 35.5. The number of hydrogen-bond donors (Lipinski definition) is 1. The molecule has 0 spiro atoms. The van der Waals surface area contributed by atoms with Crippen LogP contribution in [0.25, 0.3) is 5.76 Å². The molecule has 0 aliphatic carbocycles. The number of Topliss-reactive ketones (excluding diaryl/α,β-unsaturated/α-hetero) is 1. The summed E-state index contributed by atoms with van der Waals surface area (Å²) in [6, 6.07) is 3.44. The summed E-state index contributed by atoms with van der Waals surface area (Å²) < 4.78 is 15.7. The highest BCUT2D eigenvalue weighted by molar-refractivity contribution is 6.47. The molecule has 2 fully saturated rings. The van der Waals surface area contributed by atoms with E-state index in [0.29, 0.717) is 31.5 Å². The second-order valence-electron chi connectivity index (χ2n) is 8.69. The van der Waals surface area contributed by atoms with E-state index < -0.39 is 29.6 Å². The number of carbonyl (C=O) groups excluding carboxylic acids is 3. The summed E-state index contributed by atoms with van der Waals surface area (Å²) in [7, 11) is 2.73. The Hall–Kier alpha value is -3.50. The van der Waals surface area contributed by atoms with E-state index in [1.165, 1.54) is 25.2 Å². The van der Waals surface area contributed by atoms with Crippen LogP contribution >= 0.6 is 23.2 Å². The monoisotopic (exact) mass is 563 g/mol. The average Bonchev–Trinajstić information content (AvgIpc) is 3.19. The van der Waals surface area contributed by atoms with Gasteiger partial charge in [-0.15, -0.1) is 0 Å². The number of amides is 2. The van der Waals surface area contributed by atoms with Gasteiger partial charge in [0.2, 0.25) is 0 Å². The van der Waals surface area contributed by atoms with Gasteiger partial charge in [-0.25, -0.2) is 4.79 Å². The summed E-state index contributed by atoms with van der Waals surface area (Å²) in [6.07, 6.45) is 3.52. The number of carbonyl (C=O) groups is 3. The van der Waals surface area contributed by atoms with E-state index in [2.05, 4.69) is 4.98 Å². The zero-order valence-electron chi connectivity index (χ0n) is 21.1. The normalized spacial score (nSPS) is 19.6. The summed E-state index contributed by atoms with van der Waals surface area (Å²) in [4.78, 5) is 46.2. The Bertz CT molecular complexity index is 1280. The fraction of sp³-hybridized carbons (Fsp3) is 0.385. The molecule has 1 atom stereocenters. The fourth-order valence-electron chi connectivity index (χ4n) is 4.93. The molecule has 1 aromatic heterocycles. The van der Waals surface area contributed by atoms with E-state index >= 15 is 0 Å². The number of ether oxygens (including phenoxy) is 3. The third-order valence-electron chi connectivity index (χ3n) is 6.68. The number of benzene rings is 1. The van der Waals surface area contributed by atoms with Crippen LogP contribution < -0.4 is 9.47 Å². The minimum Gasteiger partial charge on any atom is -0.507 e. The van der Waals surface area contributed by atoms with Crippen LogP contribution in [-0.4, -0.2) is 77.6 Å². The lowest BCUT2D eigenvalue weighted by atomic mass is 9.94. The summed E-state index contributed by atoms with van der Waals surface area (Å²) in [5.74, 6) is -1.93. The second-order valence-corrected chi connectivity index (χ2v) is 9.48. The van der Waals surface area contributed by atoms with E-state index in [1.54, 1.807) is 36.4 Å². The van der Waals surface area contributed by atoms with Crippen molar-refractivity contribution in [2.45, 2.75) is 31.8 Å². The van der Waals surface area contributed by atoms with E-state index in [9.17, 15) is 19.5 Å². The van der Waals surface area contributed by atoms with Crippen molar-refractivity contribution in [1.29, 1.82) is 0 Å². The molecule has 12 heteroatoms. The van der Waals surface area contributed by atoms with Crippen LogP contribution in [0.5, 0.6) is 11.5 Å². The third kappa shape index (κ3) is 4.86. The second kappa shape index (κ2) is 11.5. The molecule has 1 aromatic carbocycles. The minimum absolute atomic E-state index is 0.00470. The van der Waals surface area contributed by atoms with Crippen LogP contribution in [0.3, 0.4) is 0 Å². The van der Waals surface area contributed by atoms with Crippen LogP contribution in [0, 0.1) is 0 Å². The molecule has 0 saturated carbocycles. The van der Waals surface area contributed by atoms with Crippen molar-refractivity contribution in [2.24, 2.45) is 0 Å². The number of aromatic nitrogens is 1. The molecule has 2 amide bonds. The quantitative estimate of drug-likeness (QED) is 0.311. The fourth-order valence-corrected chi connectivity index (χ4v) is 5.62.